The van der Waals surface area contributed by atoms with Gasteiger partial charge in [0.15, 0.2) is 6.29 Å². The lowest BCUT2D eigenvalue weighted by Crippen LogP contribution is -2.59. The average molecular weight is 817 g/mol. The van der Waals surface area contributed by atoms with E-state index in [1.807, 2.05) is 0 Å². The van der Waals surface area contributed by atoms with Crippen LogP contribution >= 0.6 is 0 Å². The van der Waals surface area contributed by atoms with Crippen molar-refractivity contribution in [1.82, 2.24) is 0 Å². The first-order valence-corrected chi connectivity index (χ1v) is 23.0. The molecule has 58 heavy (non-hydrogen) atoms. The summed E-state index contributed by atoms with van der Waals surface area (Å²) in [7, 11) is 0. The largest absolute Gasteiger partial charge is 0.457 e. The third-order valence-electron chi connectivity index (χ3n) is 10.1. The minimum absolute atomic E-state index is 0.125. The number of aliphatic hydroxyl groups excluding tert-OH is 4. The van der Waals surface area contributed by atoms with Crippen LogP contribution in [0.25, 0.3) is 0 Å². The molecular weight excluding hydrogens is 733 g/mol. The Bertz CT molecular complexity index is 1110. The van der Waals surface area contributed by atoms with Crippen molar-refractivity contribution in [3.63, 3.8) is 0 Å². The third-order valence-corrected chi connectivity index (χ3v) is 10.1. The second-order valence-corrected chi connectivity index (χ2v) is 15.5. The predicted octanol–water partition coefficient (Wildman–Crippen LogP) is 10.5. The molecule has 1 aliphatic rings. The molecule has 9 nitrogen and oxygen atoms in total. The Labute approximate surface area is 353 Å². The SMILES string of the molecule is CC/C=C\C/C=C\C/C=C\C/C=C\CCCCCCCOCC(COC1OC(CO)C(O)C(O)C1O)OC(=O)CCCCCCCCC/C=C\C/C=C\CCCCC. The molecule has 0 aliphatic carbocycles. The monoisotopic (exact) mass is 817 g/mol. The van der Waals surface area contributed by atoms with Crippen LogP contribution in [0, 0.1) is 0 Å². The number of carbonyl (C=O) groups is 1. The van der Waals surface area contributed by atoms with Gasteiger partial charge in [0, 0.05) is 13.0 Å². The van der Waals surface area contributed by atoms with Crippen LogP contribution in [0.1, 0.15) is 168 Å². The maximum atomic E-state index is 12.8. The van der Waals surface area contributed by atoms with Crippen LogP contribution < -0.4 is 0 Å². The van der Waals surface area contributed by atoms with E-state index in [4.69, 9.17) is 18.9 Å². The number of carbonyl (C=O) groups excluding carboxylic acids is 1. The highest BCUT2D eigenvalue weighted by Crippen LogP contribution is 2.22. The first kappa shape index (κ1) is 53.6. The Morgan fingerprint density at radius 3 is 1.59 bits per heavy atom. The van der Waals surface area contributed by atoms with Gasteiger partial charge in [0.25, 0.3) is 0 Å². The van der Waals surface area contributed by atoms with Gasteiger partial charge >= 0.3 is 5.97 Å². The van der Waals surface area contributed by atoms with E-state index in [-0.39, 0.29) is 19.2 Å². The number of rotatable bonds is 38. The van der Waals surface area contributed by atoms with E-state index < -0.39 is 43.4 Å². The van der Waals surface area contributed by atoms with Crippen LogP contribution in [-0.4, -0.2) is 89.6 Å². The van der Waals surface area contributed by atoms with Gasteiger partial charge in [-0.1, -0.05) is 151 Å². The lowest BCUT2D eigenvalue weighted by Gasteiger charge is -2.39. The molecule has 0 aromatic rings. The van der Waals surface area contributed by atoms with Crippen LogP contribution in [0.4, 0.5) is 0 Å². The molecule has 0 aromatic heterocycles. The van der Waals surface area contributed by atoms with Gasteiger partial charge in [-0.3, -0.25) is 4.79 Å². The summed E-state index contributed by atoms with van der Waals surface area (Å²) in [4.78, 5) is 12.8. The summed E-state index contributed by atoms with van der Waals surface area (Å²) in [6.45, 7) is 4.36. The molecule has 0 bridgehead atoms. The summed E-state index contributed by atoms with van der Waals surface area (Å²) in [5.74, 6) is -0.332. The van der Waals surface area contributed by atoms with Crippen molar-refractivity contribution in [2.75, 3.05) is 26.4 Å². The Kier molecular flexibility index (Phi) is 37.1. The van der Waals surface area contributed by atoms with Crippen molar-refractivity contribution in [2.45, 2.75) is 205 Å². The minimum Gasteiger partial charge on any atom is -0.457 e. The van der Waals surface area contributed by atoms with E-state index in [1.165, 1.54) is 51.4 Å². The first-order chi connectivity index (χ1) is 28.4. The molecular formula is C49H84O9. The maximum absolute atomic E-state index is 12.8. The Balaban J connectivity index is 2.29. The second kappa shape index (κ2) is 40.1. The van der Waals surface area contributed by atoms with E-state index in [2.05, 4.69) is 86.8 Å². The number of hydrogen-bond acceptors (Lipinski definition) is 9. The molecule has 6 unspecified atom stereocenters. The zero-order valence-electron chi connectivity index (χ0n) is 36.5. The summed E-state index contributed by atoms with van der Waals surface area (Å²) < 4.78 is 22.8. The summed E-state index contributed by atoms with van der Waals surface area (Å²) >= 11 is 0. The van der Waals surface area contributed by atoms with Crippen molar-refractivity contribution in [1.29, 1.82) is 0 Å². The van der Waals surface area contributed by atoms with E-state index in [1.54, 1.807) is 0 Å². The predicted molar refractivity (Wildman–Crippen MR) is 237 cm³/mol. The fourth-order valence-corrected chi connectivity index (χ4v) is 6.51. The van der Waals surface area contributed by atoms with Gasteiger partial charge in [-0.25, -0.2) is 0 Å². The first-order valence-electron chi connectivity index (χ1n) is 23.0. The van der Waals surface area contributed by atoms with E-state index in [0.29, 0.717) is 13.0 Å². The van der Waals surface area contributed by atoms with Crippen molar-refractivity contribution in [3.05, 3.63) is 72.9 Å². The second-order valence-electron chi connectivity index (χ2n) is 15.5. The Hall–Kier alpha value is -2.37. The molecule has 4 N–H and O–H groups in total. The van der Waals surface area contributed by atoms with Crippen molar-refractivity contribution in [3.8, 4) is 0 Å². The quantitative estimate of drug-likeness (QED) is 0.0273. The zero-order valence-corrected chi connectivity index (χ0v) is 36.5. The average Bonchev–Trinajstić information content (AvgIpc) is 3.22. The van der Waals surface area contributed by atoms with Crippen molar-refractivity contribution >= 4 is 5.97 Å². The van der Waals surface area contributed by atoms with Crippen molar-refractivity contribution in [2.24, 2.45) is 0 Å². The Morgan fingerprint density at radius 1 is 0.569 bits per heavy atom. The molecule has 334 valence electrons. The van der Waals surface area contributed by atoms with E-state index >= 15 is 0 Å². The smallest absolute Gasteiger partial charge is 0.306 e. The lowest BCUT2D eigenvalue weighted by molar-refractivity contribution is -0.305. The van der Waals surface area contributed by atoms with E-state index in [0.717, 1.165) is 96.3 Å². The van der Waals surface area contributed by atoms with Gasteiger partial charge in [-0.05, 0) is 83.5 Å². The maximum Gasteiger partial charge on any atom is 0.306 e. The number of hydrogen-bond donors (Lipinski definition) is 4. The highest BCUT2D eigenvalue weighted by molar-refractivity contribution is 5.69. The fraction of sp³-hybridized carbons (Fsp3) is 0.735. The highest BCUT2D eigenvalue weighted by atomic mass is 16.7. The van der Waals surface area contributed by atoms with Gasteiger partial charge < -0.3 is 39.4 Å². The molecule has 1 heterocycles. The van der Waals surface area contributed by atoms with Gasteiger partial charge in [-0.2, -0.15) is 0 Å². The van der Waals surface area contributed by atoms with E-state index in [9.17, 15) is 25.2 Å². The molecule has 0 radical (unpaired) electrons. The van der Waals surface area contributed by atoms with Gasteiger partial charge in [0.2, 0.25) is 0 Å². The normalized spacial score (nSPS) is 21.0. The topological polar surface area (TPSA) is 135 Å². The summed E-state index contributed by atoms with van der Waals surface area (Å²) in [5, 5.41) is 40.1. The third kappa shape index (κ3) is 30.6. The number of unbranched alkanes of at least 4 members (excludes halogenated alkanes) is 15. The van der Waals surface area contributed by atoms with Crippen LogP contribution in [0.5, 0.6) is 0 Å². The van der Waals surface area contributed by atoms with Crippen LogP contribution in [0.2, 0.25) is 0 Å². The van der Waals surface area contributed by atoms with Crippen molar-refractivity contribution < 1.29 is 44.2 Å². The highest BCUT2D eigenvalue weighted by Gasteiger charge is 2.44. The molecule has 9 heteroatoms. The number of allylic oxidation sites excluding steroid dienone is 12. The number of ether oxygens (including phenoxy) is 4. The summed E-state index contributed by atoms with van der Waals surface area (Å²) in [6, 6.07) is 0. The molecule has 1 fully saturated rings. The molecule has 0 aromatic carbocycles. The molecule has 1 rings (SSSR count). The summed E-state index contributed by atoms with van der Waals surface area (Å²) in [6.07, 6.45) is 44.9. The summed E-state index contributed by atoms with van der Waals surface area (Å²) in [5.41, 5.74) is 0. The van der Waals surface area contributed by atoms with Gasteiger partial charge in [-0.15, -0.1) is 0 Å². The minimum atomic E-state index is -1.55. The molecule has 1 aliphatic heterocycles. The lowest BCUT2D eigenvalue weighted by atomic mass is 9.99. The number of esters is 1. The molecule has 0 spiro atoms. The number of aliphatic hydroxyl groups is 4. The Morgan fingerprint density at radius 2 is 1.05 bits per heavy atom. The van der Waals surface area contributed by atoms with Gasteiger partial charge in [0.1, 0.15) is 30.5 Å². The van der Waals surface area contributed by atoms with Crippen LogP contribution in [0.15, 0.2) is 72.9 Å². The molecule has 6 atom stereocenters. The van der Waals surface area contributed by atoms with Crippen LogP contribution in [-0.2, 0) is 23.7 Å². The van der Waals surface area contributed by atoms with Crippen LogP contribution in [0.3, 0.4) is 0 Å². The fourth-order valence-electron chi connectivity index (χ4n) is 6.51. The standard InChI is InChI=1S/C49H84O9/c1-3-5-7-9-11-13-15-17-19-21-23-25-27-29-31-33-35-37-39-55-41-43(42-56-49-48(54)47(53)46(52)44(40-50)58-49)57-45(51)38-36-34-32-30-28-26-24-22-20-18-16-14-12-10-8-6-4-2/h5,7,11-14,17-20,23,25,43-44,46-50,52-54H,3-4,6,8-10,15-16,21-22,24,26-42H2,1-2H3/b7-5-,13-11-,14-12-,19-17-,20-18-,25-23-. The molecule has 0 saturated carbocycles. The molecule has 1 saturated heterocycles. The van der Waals surface area contributed by atoms with Gasteiger partial charge in [0.05, 0.1) is 19.8 Å². The zero-order chi connectivity index (χ0) is 42.2. The molecule has 0 amide bonds.